The zero-order chi connectivity index (χ0) is 8.01. The van der Waals surface area contributed by atoms with Crippen molar-refractivity contribution in [2.75, 3.05) is 0 Å². The van der Waals surface area contributed by atoms with Crippen LogP contribution < -0.4 is 10.8 Å². The molecule has 0 heterocycles. The van der Waals surface area contributed by atoms with E-state index in [1.54, 1.807) is 0 Å². The Morgan fingerprint density at radius 3 is 2.36 bits per heavy atom. The first-order valence-electron chi connectivity index (χ1n) is 4.24. The van der Waals surface area contributed by atoms with E-state index in [0.717, 1.165) is 12.8 Å². The van der Waals surface area contributed by atoms with Crippen LogP contribution in [0.2, 0.25) is 0 Å². The van der Waals surface area contributed by atoms with Crippen molar-refractivity contribution in [3.05, 3.63) is 0 Å². The van der Waals surface area contributed by atoms with Crippen LogP contribution in [-0.4, -0.2) is 12.0 Å². The van der Waals surface area contributed by atoms with Gasteiger partial charge in [-0.3, -0.25) is 0 Å². The van der Waals surface area contributed by atoms with Crippen molar-refractivity contribution in [3.63, 3.8) is 0 Å². The number of carbonyl (C=O) groups excluding carboxylic acids is 1. The second-order valence-corrected chi connectivity index (χ2v) is 3.84. The fraction of sp³-hybridized carbons (Fsp3) is 0.875. The molecule has 62 valence electrons. The van der Waals surface area contributed by atoms with Crippen LogP contribution in [0, 0.1) is 17.8 Å². The molecule has 3 heteroatoms. The highest BCUT2D eigenvalue weighted by molar-refractivity contribution is 5.69. The van der Waals surface area contributed by atoms with Gasteiger partial charge in [0.15, 0.2) is 0 Å². The Bertz CT molecular complexity index is 191. The summed E-state index contributed by atoms with van der Waals surface area (Å²) >= 11 is 0. The first kappa shape index (κ1) is 7.10. The van der Waals surface area contributed by atoms with E-state index in [1.807, 2.05) is 0 Å². The lowest BCUT2D eigenvalue weighted by atomic mass is 9.85. The Morgan fingerprint density at radius 2 is 2.00 bits per heavy atom. The lowest BCUT2D eigenvalue weighted by Gasteiger charge is -2.25. The normalized spacial score (nSPS) is 48.1. The highest BCUT2D eigenvalue weighted by Gasteiger charge is 2.48. The molecule has 2 saturated carbocycles. The summed E-state index contributed by atoms with van der Waals surface area (Å²) in [7, 11) is 0. The first-order chi connectivity index (χ1) is 5.20. The molecular weight excluding hydrogens is 142 g/mol. The van der Waals surface area contributed by atoms with Crippen molar-refractivity contribution in [2.45, 2.75) is 25.3 Å². The van der Waals surface area contributed by atoms with Crippen molar-refractivity contribution in [1.82, 2.24) is 0 Å². The molecule has 0 unspecified atom stereocenters. The molecule has 0 aromatic rings. The molecule has 0 aliphatic heterocycles. The minimum absolute atomic E-state index is 0.124. The molecule has 3 nitrogen and oxygen atoms in total. The molecule has 4 atom stereocenters. The van der Waals surface area contributed by atoms with Crippen LogP contribution in [0.5, 0.6) is 0 Å². The SMILES string of the molecule is [NH3+][C@@H]1[C@H]2CC[C@@H](C2)[C@@H]1C(=O)[O-]. The number of hydrogen-bond donors (Lipinski definition) is 1. The van der Waals surface area contributed by atoms with E-state index in [4.69, 9.17) is 0 Å². The van der Waals surface area contributed by atoms with E-state index in [9.17, 15) is 9.90 Å². The van der Waals surface area contributed by atoms with Crippen LogP contribution in [0.1, 0.15) is 19.3 Å². The number of aliphatic carboxylic acids is 1. The summed E-state index contributed by atoms with van der Waals surface area (Å²) in [4.78, 5) is 10.7. The maximum atomic E-state index is 10.7. The average molecular weight is 155 g/mol. The van der Waals surface area contributed by atoms with Gasteiger partial charge in [0.05, 0.1) is 17.9 Å². The summed E-state index contributed by atoms with van der Waals surface area (Å²) in [5.41, 5.74) is 3.90. The highest BCUT2D eigenvalue weighted by atomic mass is 16.4. The van der Waals surface area contributed by atoms with E-state index < -0.39 is 5.97 Å². The molecule has 0 spiro atoms. The molecule has 3 N–H and O–H groups in total. The maximum absolute atomic E-state index is 10.7. The molecule has 2 bridgehead atoms. The van der Waals surface area contributed by atoms with Gasteiger partial charge < -0.3 is 15.6 Å². The summed E-state index contributed by atoms with van der Waals surface area (Å²) in [5, 5.41) is 10.7. The van der Waals surface area contributed by atoms with Gasteiger partial charge in [-0.25, -0.2) is 0 Å². The molecule has 0 aromatic heterocycles. The number of rotatable bonds is 1. The summed E-state index contributed by atoms with van der Waals surface area (Å²) in [5.74, 6) is -0.165. The maximum Gasteiger partial charge on any atom is 0.0956 e. The Kier molecular flexibility index (Phi) is 1.42. The monoisotopic (exact) mass is 155 g/mol. The molecule has 0 amide bonds. The second-order valence-electron chi connectivity index (χ2n) is 3.84. The number of carboxylic acids is 1. The summed E-state index contributed by atoms with van der Waals surface area (Å²) in [6.07, 6.45) is 3.34. The van der Waals surface area contributed by atoms with E-state index in [1.165, 1.54) is 6.42 Å². The molecule has 11 heavy (non-hydrogen) atoms. The summed E-state index contributed by atoms with van der Waals surface area (Å²) in [6.45, 7) is 0. The van der Waals surface area contributed by atoms with Crippen molar-refractivity contribution in [1.29, 1.82) is 0 Å². The van der Waals surface area contributed by atoms with E-state index in [0.29, 0.717) is 11.8 Å². The van der Waals surface area contributed by atoms with Gasteiger partial charge in [-0.15, -0.1) is 0 Å². The summed E-state index contributed by atoms with van der Waals surface area (Å²) in [6, 6.07) is 0.124. The predicted octanol–water partition coefficient (Wildman–Crippen LogP) is -1.61. The Hall–Kier alpha value is -0.570. The standard InChI is InChI=1S/C8H13NO2/c9-7-5-2-1-4(3-5)6(7)8(10)11/h4-7H,1-3,9H2,(H,10,11)/t4-,5-,6-,7+/m0/s1. The van der Waals surface area contributed by atoms with Crippen LogP contribution in [-0.2, 0) is 4.79 Å². The van der Waals surface area contributed by atoms with Gasteiger partial charge in [0.1, 0.15) is 0 Å². The van der Waals surface area contributed by atoms with Crippen molar-refractivity contribution in [2.24, 2.45) is 17.8 Å². The molecule has 2 rings (SSSR count). The smallest absolute Gasteiger partial charge is 0.0956 e. The van der Waals surface area contributed by atoms with Crippen LogP contribution in [0.15, 0.2) is 0 Å². The molecule has 2 aliphatic carbocycles. The van der Waals surface area contributed by atoms with Gasteiger partial charge in [0, 0.05) is 5.92 Å². The Labute approximate surface area is 65.6 Å². The minimum atomic E-state index is -0.878. The quantitative estimate of drug-likeness (QED) is 0.495. The van der Waals surface area contributed by atoms with Crippen molar-refractivity contribution in [3.8, 4) is 0 Å². The fourth-order valence-corrected chi connectivity index (χ4v) is 2.78. The molecule has 2 fully saturated rings. The third kappa shape index (κ3) is 0.872. The van der Waals surface area contributed by atoms with Gasteiger partial charge in [-0.05, 0) is 25.2 Å². The van der Waals surface area contributed by atoms with Crippen LogP contribution >= 0.6 is 0 Å². The fourth-order valence-electron chi connectivity index (χ4n) is 2.78. The molecule has 0 aromatic carbocycles. The molecule has 0 radical (unpaired) electrons. The molecule has 0 saturated heterocycles. The lowest BCUT2D eigenvalue weighted by Crippen LogP contribution is -2.69. The van der Waals surface area contributed by atoms with Gasteiger partial charge in [0.2, 0.25) is 0 Å². The van der Waals surface area contributed by atoms with Gasteiger partial charge in [-0.1, -0.05) is 0 Å². The minimum Gasteiger partial charge on any atom is -0.550 e. The van der Waals surface area contributed by atoms with E-state index in [-0.39, 0.29) is 12.0 Å². The number of quaternary nitrogens is 1. The van der Waals surface area contributed by atoms with Crippen molar-refractivity contribution >= 4 is 5.97 Å². The topological polar surface area (TPSA) is 67.8 Å². The molecular formula is C8H13NO2. The summed E-state index contributed by atoms with van der Waals surface area (Å²) < 4.78 is 0. The van der Waals surface area contributed by atoms with E-state index >= 15 is 0 Å². The third-order valence-electron chi connectivity index (χ3n) is 3.36. The van der Waals surface area contributed by atoms with E-state index in [2.05, 4.69) is 5.73 Å². The van der Waals surface area contributed by atoms with Crippen LogP contribution in [0.4, 0.5) is 0 Å². The van der Waals surface area contributed by atoms with Crippen LogP contribution in [0.25, 0.3) is 0 Å². The third-order valence-corrected chi connectivity index (χ3v) is 3.36. The highest BCUT2D eigenvalue weighted by Crippen LogP contribution is 2.46. The largest absolute Gasteiger partial charge is 0.550 e. The average Bonchev–Trinajstić information content (AvgIpc) is 2.44. The predicted molar refractivity (Wildman–Crippen MR) is 36.0 cm³/mol. The number of fused-ring (bicyclic) bond motifs is 2. The van der Waals surface area contributed by atoms with Crippen molar-refractivity contribution < 1.29 is 15.6 Å². The zero-order valence-corrected chi connectivity index (χ0v) is 6.45. The Balaban J connectivity index is 2.17. The number of hydrogen-bond acceptors (Lipinski definition) is 2. The number of carbonyl (C=O) groups is 1. The van der Waals surface area contributed by atoms with Gasteiger partial charge >= 0.3 is 0 Å². The first-order valence-corrected chi connectivity index (χ1v) is 4.24. The second kappa shape index (κ2) is 2.21. The lowest BCUT2D eigenvalue weighted by molar-refractivity contribution is -0.446. The molecule has 2 aliphatic rings. The zero-order valence-electron chi connectivity index (χ0n) is 6.45. The van der Waals surface area contributed by atoms with Gasteiger partial charge in [0.25, 0.3) is 0 Å². The Morgan fingerprint density at radius 1 is 1.36 bits per heavy atom. The van der Waals surface area contributed by atoms with Crippen LogP contribution in [0.3, 0.4) is 0 Å². The van der Waals surface area contributed by atoms with Gasteiger partial charge in [-0.2, -0.15) is 0 Å². The number of carboxylic acid groups (broad SMARTS) is 1.